The highest BCUT2D eigenvalue weighted by molar-refractivity contribution is 7.17. The first-order valence-corrected chi connectivity index (χ1v) is 7.27. The molecule has 0 saturated heterocycles. The summed E-state index contributed by atoms with van der Waals surface area (Å²) in [5.74, 6) is -0.211. The number of ether oxygens (including phenoxy) is 1. The van der Waals surface area contributed by atoms with Gasteiger partial charge in [0.15, 0.2) is 0 Å². The number of aromatic carboxylic acids is 1. The number of carboxylic acids is 1. The first-order chi connectivity index (χ1) is 9.58. The summed E-state index contributed by atoms with van der Waals surface area (Å²) in [6.07, 6.45) is 0.755. The first-order valence-electron chi connectivity index (χ1n) is 6.46. The zero-order valence-electron chi connectivity index (χ0n) is 11.5. The molecule has 0 saturated carbocycles. The van der Waals surface area contributed by atoms with Crippen LogP contribution in [0.3, 0.4) is 0 Å². The SMILES string of the molecule is CCOc1ccc(-c2c(CC)sc(N)c2C(=O)O)cc1. The van der Waals surface area contributed by atoms with Crippen LogP contribution in [0.25, 0.3) is 11.1 Å². The molecule has 1 aromatic carbocycles. The van der Waals surface area contributed by atoms with Crippen LogP contribution in [0.15, 0.2) is 24.3 Å². The van der Waals surface area contributed by atoms with Gasteiger partial charge in [-0.2, -0.15) is 0 Å². The summed E-state index contributed by atoms with van der Waals surface area (Å²) in [5, 5.41) is 9.72. The Morgan fingerprint density at radius 2 is 1.95 bits per heavy atom. The molecule has 5 heteroatoms. The van der Waals surface area contributed by atoms with Gasteiger partial charge < -0.3 is 15.6 Å². The number of aryl methyl sites for hydroxylation is 1. The second-order valence-corrected chi connectivity index (χ2v) is 5.39. The average molecular weight is 291 g/mol. The molecule has 3 N–H and O–H groups in total. The van der Waals surface area contributed by atoms with Crippen molar-refractivity contribution in [1.29, 1.82) is 0 Å². The molecular formula is C15H17NO3S. The van der Waals surface area contributed by atoms with Crippen molar-refractivity contribution in [2.45, 2.75) is 20.3 Å². The minimum absolute atomic E-state index is 0.205. The standard InChI is InChI=1S/C15H17NO3S/c1-3-11-12(13(15(17)18)14(16)20-11)9-5-7-10(8-6-9)19-4-2/h5-8H,3-4,16H2,1-2H3,(H,17,18). The monoisotopic (exact) mass is 291 g/mol. The Hall–Kier alpha value is -2.01. The molecule has 0 bridgehead atoms. The minimum atomic E-state index is -0.984. The molecule has 0 unspecified atom stereocenters. The summed E-state index contributed by atoms with van der Waals surface area (Å²) in [6.45, 7) is 4.52. The van der Waals surface area contributed by atoms with Gasteiger partial charge in [0, 0.05) is 10.4 Å². The highest BCUT2D eigenvalue weighted by Crippen LogP contribution is 2.39. The third-order valence-electron chi connectivity index (χ3n) is 3.00. The van der Waals surface area contributed by atoms with E-state index < -0.39 is 5.97 Å². The number of anilines is 1. The van der Waals surface area contributed by atoms with Crippen molar-refractivity contribution < 1.29 is 14.6 Å². The van der Waals surface area contributed by atoms with Crippen LogP contribution in [0.4, 0.5) is 5.00 Å². The number of carboxylic acid groups (broad SMARTS) is 1. The van der Waals surface area contributed by atoms with Gasteiger partial charge >= 0.3 is 5.97 Å². The smallest absolute Gasteiger partial charge is 0.339 e. The summed E-state index contributed by atoms with van der Waals surface area (Å²) in [6, 6.07) is 7.44. The molecule has 0 spiro atoms. The molecule has 0 aliphatic carbocycles. The van der Waals surface area contributed by atoms with Crippen molar-refractivity contribution in [3.05, 3.63) is 34.7 Å². The van der Waals surface area contributed by atoms with Gasteiger partial charge in [0.2, 0.25) is 0 Å². The van der Waals surface area contributed by atoms with E-state index in [1.54, 1.807) is 0 Å². The molecule has 0 fully saturated rings. The van der Waals surface area contributed by atoms with Crippen LogP contribution in [-0.2, 0) is 6.42 Å². The predicted octanol–water partition coefficient (Wildman–Crippen LogP) is 3.66. The maximum absolute atomic E-state index is 11.4. The lowest BCUT2D eigenvalue weighted by Gasteiger charge is -2.07. The summed E-state index contributed by atoms with van der Waals surface area (Å²) < 4.78 is 5.40. The van der Waals surface area contributed by atoms with Gasteiger partial charge in [-0.15, -0.1) is 11.3 Å². The first kappa shape index (κ1) is 14.4. The van der Waals surface area contributed by atoms with Gasteiger partial charge in [-0.05, 0) is 31.0 Å². The van der Waals surface area contributed by atoms with Gasteiger partial charge in [0.05, 0.1) is 6.61 Å². The second-order valence-electron chi connectivity index (χ2n) is 4.26. The van der Waals surface area contributed by atoms with Crippen LogP contribution in [0.2, 0.25) is 0 Å². The van der Waals surface area contributed by atoms with Crippen LogP contribution in [0.1, 0.15) is 29.1 Å². The van der Waals surface area contributed by atoms with Crippen molar-refractivity contribution >= 4 is 22.3 Å². The number of rotatable bonds is 5. The van der Waals surface area contributed by atoms with Gasteiger partial charge in [-0.1, -0.05) is 19.1 Å². The molecule has 106 valence electrons. The average Bonchev–Trinajstić information content (AvgIpc) is 2.77. The van der Waals surface area contributed by atoms with Crippen molar-refractivity contribution in [1.82, 2.24) is 0 Å². The number of hydrogen-bond acceptors (Lipinski definition) is 4. The van der Waals surface area contributed by atoms with E-state index >= 15 is 0 Å². The topological polar surface area (TPSA) is 72.5 Å². The molecular weight excluding hydrogens is 274 g/mol. The zero-order valence-corrected chi connectivity index (χ0v) is 12.3. The number of benzene rings is 1. The van der Waals surface area contributed by atoms with E-state index in [0.29, 0.717) is 11.6 Å². The molecule has 0 radical (unpaired) electrons. The molecule has 0 aliphatic heterocycles. The third kappa shape index (κ3) is 2.63. The highest BCUT2D eigenvalue weighted by atomic mass is 32.1. The van der Waals surface area contributed by atoms with E-state index in [4.69, 9.17) is 10.5 Å². The maximum Gasteiger partial charge on any atom is 0.339 e. The van der Waals surface area contributed by atoms with Crippen LogP contribution in [0, 0.1) is 0 Å². The molecule has 0 amide bonds. The Morgan fingerprint density at radius 3 is 2.45 bits per heavy atom. The molecule has 2 rings (SSSR count). The summed E-state index contributed by atoms with van der Waals surface area (Å²) >= 11 is 1.34. The molecule has 20 heavy (non-hydrogen) atoms. The van der Waals surface area contributed by atoms with Crippen molar-refractivity contribution in [2.75, 3.05) is 12.3 Å². The Balaban J connectivity index is 2.53. The van der Waals surface area contributed by atoms with E-state index in [1.807, 2.05) is 38.1 Å². The molecule has 0 atom stereocenters. The molecule has 4 nitrogen and oxygen atoms in total. The van der Waals surface area contributed by atoms with Gasteiger partial charge in [0.25, 0.3) is 0 Å². The van der Waals surface area contributed by atoms with Crippen LogP contribution < -0.4 is 10.5 Å². The van der Waals surface area contributed by atoms with Crippen LogP contribution in [0.5, 0.6) is 5.75 Å². The Kier molecular flexibility index (Phi) is 4.29. The number of nitrogens with two attached hydrogens (primary N) is 1. The van der Waals surface area contributed by atoms with E-state index in [9.17, 15) is 9.90 Å². The summed E-state index contributed by atoms with van der Waals surface area (Å²) in [7, 11) is 0. The van der Waals surface area contributed by atoms with Gasteiger partial charge in [-0.25, -0.2) is 4.79 Å². The van der Waals surface area contributed by atoms with Crippen molar-refractivity contribution in [2.24, 2.45) is 0 Å². The Morgan fingerprint density at radius 1 is 1.30 bits per heavy atom. The van der Waals surface area contributed by atoms with E-state index in [0.717, 1.165) is 28.2 Å². The minimum Gasteiger partial charge on any atom is -0.494 e. The van der Waals surface area contributed by atoms with Gasteiger partial charge in [-0.3, -0.25) is 0 Å². The fraction of sp³-hybridized carbons (Fsp3) is 0.267. The van der Waals surface area contributed by atoms with Gasteiger partial charge in [0.1, 0.15) is 16.3 Å². The lowest BCUT2D eigenvalue weighted by molar-refractivity contribution is 0.0699. The second kappa shape index (κ2) is 5.96. The number of carbonyl (C=O) groups is 1. The third-order valence-corrected chi connectivity index (χ3v) is 4.16. The largest absolute Gasteiger partial charge is 0.494 e. The Labute approximate surface area is 121 Å². The molecule has 1 heterocycles. The fourth-order valence-corrected chi connectivity index (χ4v) is 3.17. The molecule has 1 aromatic heterocycles. The van der Waals surface area contributed by atoms with Crippen molar-refractivity contribution in [3.8, 4) is 16.9 Å². The predicted molar refractivity (Wildman–Crippen MR) is 81.7 cm³/mol. The molecule has 0 aliphatic rings. The molecule has 2 aromatic rings. The summed E-state index contributed by atoms with van der Waals surface area (Å²) in [4.78, 5) is 12.4. The van der Waals surface area contributed by atoms with E-state index in [-0.39, 0.29) is 5.56 Å². The van der Waals surface area contributed by atoms with E-state index in [2.05, 4.69) is 0 Å². The number of hydrogen-bond donors (Lipinski definition) is 2. The zero-order chi connectivity index (χ0) is 14.7. The normalized spacial score (nSPS) is 10.5. The summed E-state index contributed by atoms with van der Waals surface area (Å²) in [5.41, 5.74) is 7.64. The van der Waals surface area contributed by atoms with Crippen LogP contribution in [-0.4, -0.2) is 17.7 Å². The number of nitrogen functional groups attached to an aromatic ring is 1. The quantitative estimate of drug-likeness (QED) is 0.881. The van der Waals surface area contributed by atoms with Crippen molar-refractivity contribution in [3.63, 3.8) is 0 Å². The van der Waals surface area contributed by atoms with Crippen LogP contribution >= 0.6 is 11.3 Å². The number of thiophene rings is 1. The lowest BCUT2D eigenvalue weighted by atomic mass is 10.00. The fourth-order valence-electron chi connectivity index (χ4n) is 2.15. The van der Waals surface area contributed by atoms with E-state index in [1.165, 1.54) is 11.3 Å². The lowest BCUT2D eigenvalue weighted by Crippen LogP contribution is -2.01. The highest BCUT2D eigenvalue weighted by Gasteiger charge is 2.22. The Bertz CT molecular complexity index is 617. The maximum atomic E-state index is 11.4.